The maximum Gasteiger partial charge on any atom is 0.0835 e. The Labute approximate surface area is 127 Å². The van der Waals surface area contributed by atoms with Crippen LogP contribution in [0.25, 0.3) is 0 Å². The highest BCUT2D eigenvalue weighted by Gasteiger charge is 2.27. The van der Waals surface area contributed by atoms with E-state index >= 15 is 0 Å². The van der Waals surface area contributed by atoms with E-state index in [9.17, 15) is 0 Å². The summed E-state index contributed by atoms with van der Waals surface area (Å²) < 4.78 is 7.93. The minimum absolute atomic E-state index is 0.102. The molecule has 0 aliphatic carbocycles. The van der Waals surface area contributed by atoms with Gasteiger partial charge in [0.05, 0.1) is 29.1 Å². The molecular weight excluding hydrogens is 274 g/mol. The number of aryl methyl sites for hydroxylation is 1. The molecule has 0 aromatic carbocycles. The second kappa shape index (κ2) is 9.37. The van der Waals surface area contributed by atoms with Crippen molar-refractivity contribution in [3.8, 4) is 0 Å². The molecule has 4 nitrogen and oxygen atoms in total. The summed E-state index contributed by atoms with van der Waals surface area (Å²) in [6.45, 7) is 10.9. The zero-order chi connectivity index (χ0) is 15.0. The molecule has 0 saturated carbocycles. The standard InChI is InChI=1S/C15H28ClN3O/c1-5-9-13(20-8-4)14(17-10-6-2)15-12(16)11-18-19(15)7-3/h11,13-14,17H,5-10H2,1-4H3. The summed E-state index contributed by atoms with van der Waals surface area (Å²) in [6.07, 6.45) is 5.05. The van der Waals surface area contributed by atoms with Gasteiger partial charge in [0.1, 0.15) is 0 Å². The first-order chi connectivity index (χ1) is 9.69. The highest BCUT2D eigenvalue weighted by Crippen LogP contribution is 2.29. The van der Waals surface area contributed by atoms with Crippen molar-refractivity contribution in [2.75, 3.05) is 13.2 Å². The van der Waals surface area contributed by atoms with E-state index in [1.807, 2.05) is 11.6 Å². The monoisotopic (exact) mass is 301 g/mol. The zero-order valence-corrected chi connectivity index (χ0v) is 13.9. The van der Waals surface area contributed by atoms with E-state index in [1.165, 1.54) is 0 Å². The van der Waals surface area contributed by atoms with Gasteiger partial charge in [0.15, 0.2) is 0 Å². The topological polar surface area (TPSA) is 39.1 Å². The molecular formula is C15H28ClN3O. The van der Waals surface area contributed by atoms with Gasteiger partial charge in [0, 0.05) is 13.2 Å². The van der Waals surface area contributed by atoms with Crippen LogP contribution in [0.5, 0.6) is 0 Å². The molecule has 1 aromatic rings. The van der Waals surface area contributed by atoms with Gasteiger partial charge in [-0.25, -0.2) is 0 Å². The fourth-order valence-electron chi connectivity index (χ4n) is 2.48. The molecule has 1 rings (SSSR count). The van der Waals surface area contributed by atoms with Gasteiger partial charge in [0.2, 0.25) is 0 Å². The third-order valence-corrected chi connectivity index (χ3v) is 3.66. The number of hydrogen-bond donors (Lipinski definition) is 1. The highest BCUT2D eigenvalue weighted by atomic mass is 35.5. The molecule has 0 fully saturated rings. The number of ether oxygens (including phenoxy) is 1. The van der Waals surface area contributed by atoms with Crippen molar-refractivity contribution in [3.63, 3.8) is 0 Å². The Morgan fingerprint density at radius 1 is 1.30 bits per heavy atom. The van der Waals surface area contributed by atoms with Gasteiger partial charge >= 0.3 is 0 Å². The Morgan fingerprint density at radius 3 is 2.60 bits per heavy atom. The molecule has 2 atom stereocenters. The van der Waals surface area contributed by atoms with Crippen LogP contribution < -0.4 is 5.32 Å². The molecule has 0 spiro atoms. The van der Waals surface area contributed by atoms with Crippen LogP contribution in [0.3, 0.4) is 0 Å². The summed E-state index contributed by atoms with van der Waals surface area (Å²) in [5.74, 6) is 0. The SMILES string of the molecule is CCCNC(c1c(Cl)cnn1CC)C(CCC)OCC. The molecule has 1 aromatic heterocycles. The van der Waals surface area contributed by atoms with Crippen molar-refractivity contribution in [2.45, 2.75) is 65.6 Å². The number of hydrogen-bond acceptors (Lipinski definition) is 3. The van der Waals surface area contributed by atoms with Crippen LogP contribution in [-0.4, -0.2) is 29.0 Å². The first-order valence-corrected chi connectivity index (χ1v) is 8.13. The van der Waals surface area contributed by atoms with Crippen molar-refractivity contribution in [1.29, 1.82) is 0 Å². The largest absolute Gasteiger partial charge is 0.376 e. The Balaban J connectivity index is 3.04. The number of rotatable bonds is 10. The van der Waals surface area contributed by atoms with E-state index in [4.69, 9.17) is 16.3 Å². The lowest BCUT2D eigenvalue weighted by Gasteiger charge is -2.28. The summed E-state index contributed by atoms with van der Waals surface area (Å²) in [5, 5.41) is 8.67. The van der Waals surface area contributed by atoms with Crippen molar-refractivity contribution >= 4 is 11.6 Å². The first kappa shape index (κ1) is 17.5. The highest BCUT2D eigenvalue weighted by molar-refractivity contribution is 6.31. The minimum Gasteiger partial charge on any atom is -0.376 e. The Hall–Kier alpha value is -0.580. The quantitative estimate of drug-likeness (QED) is 0.714. The van der Waals surface area contributed by atoms with Crippen LogP contribution >= 0.6 is 11.6 Å². The lowest BCUT2D eigenvalue weighted by Crippen LogP contribution is -2.36. The lowest BCUT2D eigenvalue weighted by atomic mass is 10.0. The molecule has 1 N–H and O–H groups in total. The van der Waals surface area contributed by atoms with Crippen LogP contribution in [0, 0.1) is 0 Å². The van der Waals surface area contributed by atoms with Gasteiger partial charge < -0.3 is 10.1 Å². The smallest absolute Gasteiger partial charge is 0.0835 e. The lowest BCUT2D eigenvalue weighted by molar-refractivity contribution is 0.0254. The fourth-order valence-corrected chi connectivity index (χ4v) is 2.74. The number of aromatic nitrogens is 2. The Kier molecular flexibility index (Phi) is 8.19. The summed E-state index contributed by atoms with van der Waals surface area (Å²) in [5.41, 5.74) is 1.05. The van der Waals surface area contributed by atoms with Gasteiger partial charge in [0.25, 0.3) is 0 Å². The molecule has 0 saturated heterocycles. The molecule has 20 heavy (non-hydrogen) atoms. The van der Waals surface area contributed by atoms with Crippen LogP contribution in [0.4, 0.5) is 0 Å². The normalized spacial score (nSPS) is 14.4. The molecule has 2 unspecified atom stereocenters. The summed E-state index contributed by atoms with van der Waals surface area (Å²) in [7, 11) is 0. The van der Waals surface area contributed by atoms with Crippen molar-refractivity contribution < 1.29 is 4.74 Å². The number of nitrogens with one attached hydrogen (secondary N) is 1. The predicted molar refractivity (Wildman–Crippen MR) is 84.3 cm³/mol. The van der Waals surface area contributed by atoms with Crippen molar-refractivity contribution in [3.05, 3.63) is 16.9 Å². The van der Waals surface area contributed by atoms with E-state index in [-0.39, 0.29) is 12.1 Å². The fraction of sp³-hybridized carbons (Fsp3) is 0.800. The molecule has 1 heterocycles. The van der Waals surface area contributed by atoms with Gasteiger partial charge in [-0.2, -0.15) is 5.10 Å². The Bertz CT molecular complexity index is 375. The van der Waals surface area contributed by atoms with Gasteiger partial charge in [-0.3, -0.25) is 4.68 Å². The van der Waals surface area contributed by atoms with E-state index in [2.05, 4.69) is 31.2 Å². The molecule has 0 aliphatic heterocycles. The first-order valence-electron chi connectivity index (χ1n) is 7.75. The molecule has 0 aliphatic rings. The molecule has 0 bridgehead atoms. The van der Waals surface area contributed by atoms with Crippen LogP contribution in [-0.2, 0) is 11.3 Å². The van der Waals surface area contributed by atoms with Gasteiger partial charge in [-0.15, -0.1) is 0 Å². The third kappa shape index (κ3) is 4.47. The predicted octanol–water partition coefficient (Wildman–Crippen LogP) is 3.80. The Morgan fingerprint density at radius 2 is 2.05 bits per heavy atom. The van der Waals surface area contributed by atoms with Crippen molar-refractivity contribution in [1.82, 2.24) is 15.1 Å². The summed E-state index contributed by atoms with van der Waals surface area (Å²) in [4.78, 5) is 0. The van der Waals surface area contributed by atoms with Gasteiger partial charge in [-0.1, -0.05) is 31.9 Å². The van der Waals surface area contributed by atoms with Crippen LogP contribution in [0.1, 0.15) is 58.7 Å². The van der Waals surface area contributed by atoms with E-state index in [0.717, 1.165) is 43.1 Å². The average Bonchev–Trinajstić information content (AvgIpc) is 2.81. The molecule has 116 valence electrons. The average molecular weight is 302 g/mol. The maximum absolute atomic E-state index is 6.36. The molecule has 0 amide bonds. The van der Waals surface area contributed by atoms with Crippen molar-refractivity contribution in [2.24, 2.45) is 0 Å². The van der Waals surface area contributed by atoms with E-state index in [0.29, 0.717) is 6.61 Å². The van der Waals surface area contributed by atoms with Gasteiger partial charge in [-0.05, 0) is 33.2 Å². The van der Waals surface area contributed by atoms with E-state index < -0.39 is 0 Å². The summed E-state index contributed by atoms with van der Waals surface area (Å²) >= 11 is 6.36. The molecule has 5 heteroatoms. The molecule has 0 radical (unpaired) electrons. The third-order valence-electron chi connectivity index (χ3n) is 3.37. The second-order valence-electron chi connectivity index (χ2n) is 4.91. The van der Waals surface area contributed by atoms with Crippen LogP contribution in [0.2, 0.25) is 5.02 Å². The van der Waals surface area contributed by atoms with E-state index in [1.54, 1.807) is 6.20 Å². The summed E-state index contributed by atoms with van der Waals surface area (Å²) in [6, 6.07) is 0.102. The van der Waals surface area contributed by atoms with Crippen LogP contribution in [0.15, 0.2) is 6.20 Å². The second-order valence-corrected chi connectivity index (χ2v) is 5.31. The number of nitrogens with zero attached hydrogens (tertiary/aromatic N) is 2. The minimum atomic E-state index is 0.102. The maximum atomic E-state index is 6.36. The number of halogens is 1. The zero-order valence-electron chi connectivity index (χ0n) is 13.2.